The molecule has 0 saturated carbocycles. The number of ether oxygens (including phenoxy) is 5. The highest BCUT2D eigenvalue weighted by molar-refractivity contribution is 5.92. The van der Waals surface area contributed by atoms with E-state index in [0.717, 1.165) is 5.56 Å². The summed E-state index contributed by atoms with van der Waals surface area (Å²) in [5.74, 6) is 1.92. The summed E-state index contributed by atoms with van der Waals surface area (Å²) >= 11 is 0. The van der Waals surface area contributed by atoms with Crippen LogP contribution in [-0.2, 0) is 0 Å². The maximum atomic E-state index is 12.5. The molecule has 0 heterocycles. The van der Waals surface area contributed by atoms with Crippen molar-refractivity contribution >= 4 is 17.6 Å². The minimum atomic E-state index is -0.526. The van der Waals surface area contributed by atoms with Crippen LogP contribution in [0.15, 0.2) is 60.7 Å². The van der Waals surface area contributed by atoms with Crippen molar-refractivity contribution in [2.45, 2.75) is 0 Å². The van der Waals surface area contributed by atoms with Gasteiger partial charge in [0.05, 0.1) is 45.6 Å². The van der Waals surface area contributed by atoms with Crippen LogP contribution in [0.5, 0.6) is 28.7 Å². The Morgan fingerprint density at radius 1 is 0.727 bits per heavy atom. The molecule has 0 N–H and O–H groups in total. The van der Waals surface area contributed by atoms with Crippen LogP contribution < -0.4 is 23.7 Å². The van der Waals surface area contributed by atoms with Crippen LogP contribution in [0, 0.1) is 11.3 Å². The quantitative estimate of drug-likeness (QED) is 0.209. The summed E-state index contributed by atoms with van der Waals surface area (Å²) in [6, 6.07) is 19.1. The minimum Gasteiger partial charge on any atom is -0.493 e. The zero-order valence-electron chi connectivity index (χ0n) is 18.7. The van der Waals surface area contributed by atoms with E-state index in [1.165, 1.54) is 14.2 Å². The van der Waals surface area contributed by atoms with E-state index < -0.39 is 5.97 Å². The molecule has 7 heteroatoms. The molecule has 0 aliphatic rings. The third-order valence-corrected chi connectivity index (χ3v) is 4.84. The van der Waals surface area contributed by atoms with E-state index in [0.29, 0.717) is 45.4 Å². The Bertz CT molecular complexity index is 1210. The fraction of sp³-hybridized carbons (Fsp3) is 0.154. The lowest BCUT2D eigenvalue weighted by Crippen LogP contribution is -2.08. The molecular weight excluding hydrogens is 422 g/mol. The van der Waals surface area contributed by atoms with Crippen molar-refractivity contribution < 1.29 is 28.5 Å². The summed E-state index contributed by atoms with van der Waals surface area (Å²) in [6.45, 7) is 0. The van der Waals surface area contributed by atoms with Gasteiger partial charge in [0, 0.05) is 0 Å². The molecule has 0 atom stereocenters. The molecule has 3 aromatic carbocycles. The number of benzene rings is 3. The summed E-state index contributed by atoms with van der Waals surface area (Å²) in [5, 5.41) is 9.63. The number of hydrogen-bond donors (Lipinski definition) is 0. The molecule has 0 radical (unpaired) electrons. The predicted molar refractivity (Wildman–Crippen MR) is 124 cm³/mol. The SMILES string of the molecule is COc1ccc(C(=O)Oc2ccc(/C=C(/C#N)c3ccc(OC)c(OC)c3)cc2)cc1OC. The van der Waals surface area contributed by atoms with Crippen molar-refractivity contribution in [2.75, 3.05) is 28.4 Å². The highest BCUT2D eigenvalue weighted by Gasteiger charge is 2.13. The average Bonchev–Trinajstić information content (AvgIpc) is 2.87. The van der Waals surface area contributed by atoms with Crippen molar-refractivity contribution in [3.63, 3.8) is 0 Å². The number of carbonyl (C=O) groups excluding carboxylic acids is 1. The maximum Gasteiger partial charge on any atom is 0.343 e. The van der Waals surface area contributed by atoms with Crippen LogP contribution in [0.2, 0.25) is 0 Å². The van der Waals surface area contributed by atoms with E-state index in [2.05, 4.69) is 6.07 Å². The fourth-order valence-electron chi connectivity index (χ4n) is 3.11. The highest BCUT2D eigenvalue weighted by atomic mass is 16.5. The molecule has 0 bridgehead atoms. The van der Waals surface area contributed by atoms with Crippen LogP contribution in [0.3, 0.4) is 0 Å². The first-order valence-electron chi connectivity index (χ1n) is 9.91. The molecule has 0 saturated heterocycles. The summed E-state index contributed by atoms with van der Waals surface area (Å²) in [4.78, 5) is 12.5. The third kappa shape index (κ3) is 5.43. The van der Waals surface area contributed by atoms with Crippen LogP contribution >= 0.6 is 0 Å². The van der Waals surface area contributed by atoms with Crippen LogP contribution in [0.4, 0.5) is 0 Å². The average molecular weight is 445 g/mol. The van der Waals surface area contributed by atoms with E-state index in [-0.39, 0.29) is 0 Å². The number of nitriles is 1. The molecule has 7 nitrogen and oxygen atoms in total. The molecule has 0 aliphatic heterocycles. The van der Waals surface area contributed by atoms with E-state index >= 15 is 0 Å². The molecule has 0 aromatic heterocycles. The van der Waals surface area contributed by atoms with Gasteiger partial charge in [-0.25, -0.2) is 4.79 Å². The third-order valence-electron chi connectivity index (χ3n) is 4.84. The Morgan fingerprint density at radius 2 is 1.24 bits per heavy atom. The number of nitrogens with zero attached hydrogens (tertiary/aromatic N) is 1. The highest BCUT2D eigenvalue weighted by Crippen LogP contribution is 2.31. The number of esters is 1. The zero-order valence-corrected chi connectivity index (χ0v) is 18.7. The molecule has 0 fully saturated rings. The molecule has 3 aromatic rings. The Balaban J connectivity index is 1.77. The monoisotopic (exact) mass is 445 g/mol. The molecule has 0 aliphatic carbocycles. The van der Waals surface area contributed by atoms with Crippen molar-refractivity contribution in [1.82, 2.24) is 0 Å². The van der Waals surface area contributed by atoms with Gasteiger partial charge in [-0.3, -0.25) is 0 Å². The molecule has 0 spiro atoms. The Kier molecular flexibility index (Phi) is 7.55. The second kappa shape index (κ2) is 10.7. The molecule has 33 heavy (non-hydrogen) atoms. The fourth-order valence-corrected chi connectivity index (χ4v) is 3.11. The Morgan fingerprint density at radius 3 is 1.76 bits per heavy atom. The number of rotatable bonds is 8. The number of hydrogen-bond acceptors (Lipinski definition) is 7. The van der Waals surface area contributed by atoms with Gasteiger partial charge in [-0.15, -0.1) is 0 Å². The maximum absolute atomic E-state index is 12.5. The van der Waals surface area contributed by atoms with Gasteiger partial charge in [-0.1, -0.05) is 12.1 Å². The smallest absolute Gasteiger partial charge is 0.343 e. The van der Waals surface area contributed by atoms with Gasteiger partial charge >= 0.3 is 5.97 Å². The Labute approximate surface area is 192 Å². The van der Waals surface area contributed by atoms with Crippen LogP contribution in [0.25, 0.3) is 11.6 Å². The summed E-state index contributed by atoms with van der Waals surface area (Å²) < 4.78 is 26.4. The van der Waals surface area contributed by atoms with Gasteiger partial charge in [0.15, 0.2) is 23.0 Å². The largest absolute Gasteiger partial charge is 0.493 e. The van der Waals surface area contributed by atoms with Crippen LogP contribution in [-0.4, -0.2) is 34.4 Å². The Hall–Kier alpha value is -4.44. The topological polar surface area (TPSA) is 87.0 Å². The van der Waals surface area contributed by atoms with E-state index in [4.69, 9.17) is 23.7 Å². The number of methoxy groups -OCH3 is 4. The summed E-state index contributed by atoms with van der Waals surface area (Å²) in [7, 11) is 6.11. The first kappa shape index (κ1) is 23.2. The molecule has 168 valence electrons. The summed E-state index contributed by atoms with van der Waals surface area (Å²) in [5.41, 5.74) is 2.24. The van der Waals surface area contributed by atoms with Crippen molar-refractivity contribution in [2.24, 2.45) is 0 Å². The minimum absolute atomic E-state index is 0.330. The van der Waals surface area contributed by atoms with Crippen molar-refractivity contribution in [1.29, 1.82) is 5.26 Å². The lowest BCUT2D eigenvalue weighted by molar-refractivity contribution is 0.0734. The predicted octanol–water partition coefficient (Wildman–Crippen LogP) is 5.00. The molecular formula is C26H23NO6. The molecule has 3 rings (SSSR count). The van der Waals surface area contributed by atoms with Gasteiger partial charge < -0.3 is 23.7 Å². The van der Waals surface area contributed by atoms with E-state index in [9.17, 15) is 10.1 Å². The van der Waals surface area contributed by atoms with Crippen molar-refractivity contribution in [3.8, 4) is 34.8 Å². The molecule has 0 amide bonds. The first-order chi connectivity index (χ1) is 16.0. The lowest BCUT2D eigenvalue weighted by Gasteiger charge is -2.10. The van der Waals surface area contributed by atoms with Gasteiger partial charge in [0.2, 0.25) is 0 Å². The van der Waals surface area contributed by atoms with Gasteiger partial charge in [-0.05, 0) is 65.7 Å². The zero-order chi connectivity index (χ0) is 23.8. The van der Waals surface area contributed by atoms with Crippen molar-refractivity contribution in [3.05, 3.63) is 77.4 Å². The van der Waals surface area contributed by atoms with Gasteiger partial charge in [0.25, 0.3) is 0 Å². The van der Waals surface area contributed by atoms with Crippen LogP contribution in [0.1, 0.15) is 21.5 Å². The summed E-state index contributed by atoms with van der Waals surface area (Å²) in [6.07, 6.45) is 1.74. The van der Waals surface area contributed by atoms with E-state index in [1.807, 2.05) is 0 Å². The normalized spacial score (nSPS) is 10.7. The number of allylic oxidation sites excluding steroid dienone is 1. The van der Waals surface area contributed by atoms with E-state index in [1.54, 1.807) is 81.0 Å². The van der Waals surface area contributed by atoms with Gasteiger partial charge in [-0.2, -0.15) is 5.26 Å². The number of carbonyl (C=O) groups is 1. The first-order valence-corrected chi connectivity index (χ1v) is 9.91. The lowest BCUT2D eigenvalue weighted by atomic mass is 10.0. The second-order valence-corrected chi connectivity index (χ2v) is 6.77. The standard InChI is InChI=1S/C26H23NO6/c1-29-22-11-7-18(14-24(22)31-3)20(16-27)13-17-5-9-21(10-6-17)33-26(28)19-8-12-23(30-2)25(15-19)32-4/h5-15H,1-4H3/b20-13-. The second-order valence-electron chi connectivity index (χ2n) is 6.77. The van der Waals surface area contributed by atoms with Gasteiger partial charge in [0.1, 0.15) is 5.75 Å². The molecule has 0 unspecified atom stereocenters.